The number of aryl methyl sites for hydroxylation is 2. The third-order valence-electron chi connectivity index (χ3n) is 11.8. The van der Waals surface area contributed by atoms with Gasteiger partial charge in [-0.25, -0.2) is 22.8 Å². The number of carboxylic acids is 2. The van der Waals surface area contributed by atoms with Gasteiger partial charge in [-0.2, -0.15) is 0 Å². The Bertz CT molecular complexity index is 2300. The van der Waals surface area contributed by atoms with Gasteiger partial charge in [0.15, 0.2) is 0 Å². The van der Waals surface area contributed by atoms with Crippen molar-refractivity contribution in [3.8, 4) is 0 Å². The molecule has 6 nitrogen and oxygen atoms in total. The highest BCUT2D eigenvalue weighted by Gasteiger charge is 2.46. The van der Waals surface area contributed by atoms with E-state index in [1.54, 1.807) is 6.07 Å². The average Bonchev–Trinajstić information content (AvgIpc) is 3.10. The van der Waals surface area contributed by atoms with Gasteiger partial charge >= 0.3 is 11.9 Å². The summed E-state index contributed by atoms with van der Waals surface area (Å²) in [7, 11) is 0. The maximum absolute atomic E-state index is 14.8. The van der Waals surface area contributed by atoms with Crippen LogP contribution >= 0.6 is 0 Å². The van der Waals surface area contributed by atoms with Crippen LogP contribution in [0.15, 0.2) is 67.8 Å². The van der Waals surface area contributed by atoms with E-state index < -0.39 is 57.1 Å². The molecule has 2 atom stereocenters. The summed E-state index contributed by atoms with van der Waals surface area (Å²) < 4.78 is 57.6. The number of hydrogen-bond acceptors (Lipinski definition) is 4. The number of hydrogen-bond donors (Lipinski definition) is 2. The Morgan fingerprint density at radius 3 is 1.75 bits per heavy atom. The van der Waals surface area contributed by atoms with Crippen LogP contribution in [0.3, 0.4) is 0 Å². The maximum atomic E-state index is 14.8. The average molecular weight is 753 g/mol. The monoisotopic (exact) mass is 752 g/mol. The summed E-state index contributed by atoms with van der Waals surface area (Å²) in [5, 5.41) is 18.6. The fourth-order valence-electron chi connectivity index (χ4n) is 8.12. The number of ether oxygens (including phenoxy) is 2. The minimum atomic E-state index is -1.68. The van der Waals surface area contributed by atoms with E-state index in [0.29, 0.717) is 48.3 Å². The van der Waals surface area contributed by atoms with Crippen molar-refractivity contribution >= 4 is 23.1 Å². The summed E-state index contributed by atoms with van der Waals surface area (Å²) in [6, 6.07) is 14.4. The number of rotatable bonds is 9. The minimum absolute atomic E-state index is 0.151. The van der Waals surface area contributed by atoms with Gasteiger partial charge in [-0.15, -0.1) is 0 Å². The molecule has 0 saturated carbocycles. The van der Waals surface area contributed by atoms with Crippen molar-refractivity contribution in [1.82, 2.24) is 0 Å². The number of carboxylic acid groups (broad SMARTS) is 2. The van der Waals surface area contributed by atoms with Crippen LogP contribution in [0.4, 0.5) is 13.2 Å². The first-order chi connectivity index (χ1) is 25.5. The Labute approximate surface area is 320 Å². The summed E-state index contributed by atoms with van der Waals surface area (Å²) in [5.74, 6) is -6.17. The van der Waals surface area contributed by atoms with Crippen molar-refractivity contribution in [3.63, 3.8) is 0 Å². The predicted octanol–water partition coefficient (Wildman–Crippen LogP) is 10.8. The molecule has 2 aliphatic rings. The highest BCUT2D eigenvalue weighted by atomic mass is 19.1. The third kappa shape index (κ3) is 6.93. The number of benzene rings is 4. The largest absolute Gasteiger partial charge is 0.478 e. The Hall–Kier alpha value is -4.99. The smallest absolute Gasteiger partial charge is 0.341 e. The lowest BCUT2D eigenvalue weighted by Gasteiger charge is -2.48. The Morgan fingerprint density at radius 2 is 1.18 bits per heavy atom. The van der Waals surface area contributed by atoms with Gasteiger partial charge in [0.1, 0.15) is 23.0 Å². The van der Waals surface area contributed by atoms with Crippen LogP contribution in [0.1, 0.15) is 131 Å². The topological polar surface area (TPSA) is 93.1 Å². The molecule has 2 heterocycles. The first-order valence-corrected chi connectivity index (χ1v) is 18.2. The van der Waals surface area contributed by atoms with Crippen molar-refractivity contribution in [1.29, 1.82) is 0 Å². The van der Waals surface area contributed by atoms with E-state index in [1.807, 2.05) is 39.8 Å². The van der Waals surface area contributed by atoms with E-state index in [9.17, 15) is 33.0 Å². The second kappa shape index (κ2) is 13.6. The first-order valence-electron chi connectivity index (χ1n) is 18.2. The molecule has 0 fully saturated rings. The quantitative estimate of drug-likeness (QED) is 0.177. The molecule has 0 aliphatic carbocycles. The summed E-state index contributed by atoms with van der Waals surface area (Å²) >= 11 is 0. The molecule has 0 bridgehead atoms. The molecule has 55 heavy (non-hydrogen) atoms. The molecule has 2 N–H and O–H groups in total. The molecular formula is C46H47F3O6. The van der Waals surface area contributed by atoms with E-state index in [-0.39, 0.29) is 11.0 Å². The summed E-state index contributed by atoms with van der Waals surface area (Å²) in [5.41, 5.74) is 5.44. The standard InChI is InChI=1S/C46H47F3O6/c1-24-15-34-35(21-32(24)27(4)29-18-38(48)40(42(52)53)39(49)19-29)45(9,23-54-44(34,7)8)13-14-46(10)36-16-25(2)31(20-33(36)43(5,6)22-55-46)26(3)28-11-12-30(41(50)51)37(47)17-28/h11-12,15-21H,3-4,13-14,22-23H2,1-2,5-10H3,(H,50,51)(H,52,53). The molecular weight excluding hydrogens is 705 g/mol. The lowest BCUT2D eigenvalue weighted by atomic mass is 9.67. The van der Waals surface area contributed by atoms with E-state index in [2.05, 4.69) is 53.0 Å². The first kappa shape index (κ1) is 39.7. The van der Waals surface area contributed by atoms with E-state index in [0.717, 1.165) is 51.1 Å². The summed E-state index contributed by atoms with van der Waals surface area (Å²) in [6.45, 7) is 25.7. The summed E-state index contributed by atoms with van der Waals surface area (Å²) in [4.78, 5) is 22.9. The van der Waals surface area contributed by atoms with Crippen molar-refractivity contribution in [3.05, 3.63) is 152 Å². The van der Waals surface area contributed by atoms with Gasteiger partial charge in [-0.1, -0.05) is 52.1 Å². The number of aromatic carboxylic acids is 2. The van der Waals surface area contributed by atoms with Crippen LogP contribution < -0.4 is 0 Å². The molecule has 4 aromatic rings. The van der Waals surface area contributed by atoms with Crippen molar-refractivity contribution < 1.29 is 42.4 Å². The molecule has 0 saturated heterocycles. The Balaban J connectivity index is 1.36. The third-order valence-corrected chi connectivity index (χ3v) is 11.8. The molecule has 288 valence electrons. The summed E-state index contributed by atoms with van der Waals surface area (Å²) in [6.07, 6.45) is 1.27. The minimum Gasteiger partial charge on any atom is -0.478 e. The lowest BCUT2D eigenvalue weighted by molar-refractivity contribution is -0.0930. The van der Waals surface area contributed by atoms with Gasteiger partial charge in [0, 0.05) is 10.8 Å². The van der Waals surface area contributed by atoms with E-state index >= 15 is 0 Å². The van der Waals surface area contributed by atoms with Crippen molar-refractivity contribution in [2.75, 3.05) is 13.2 Å². The molecule has 2 unspecified atom stereocenters. The molecule has 0 aromatic heterocycles. The SMILES string of the molecule is C=C(c1ccc(C(=O)O)c(F)c1)c1cc2c(cc1C)C(C)(CCC1(C)COC(C)(C)c3cc(C)c(C(=C)c4cc(F)c(C(=O)O)c(F)c4)cc31)OCC2(C)C. The van der Waals surface area contributed by atoms with Crippen molar-refractivity contribution in [2.24, 2.45) is 0 Å². The number of carbonyl (C=O) groups is 2. The van der Waals surface area contributed by atoms with Crippen LogP contribution in [0.5, 0.6) is 0 Å². The molecule has 0 amide bonds. The Kier molecular flexibility index (Phi) is 9.84. The van der Waals surface area contributed by atoms with Gasteiger partial charge < -0.3 is 19.7 Å². The Morgan fingerprint density at radius 1 is 0.636 bits per heavy atom. The van der Waals surface area contributed by atoms with Crippen LogP contribution in [0, 0.1) is 31.3 Å². The molecule has 0 spiro atoms. The zero-order valence-electron chi connectivity index (χ0n) is 32.6. The maximum Gasteiger partial charge on any atom is 0.341 e. The van der Waals surface area contributed by atoms with Gasteiger partial charge in [-0.3, -0.25) is 0 Å². The fourth-order valence-corrected chi connectivity index (χ4v) is 8.12. The van der Waals surface area contributed by atoms with E-state index in [4.69, 9.17) is 9.47 Å². The second-order valence-electron chi connectivity index (χ2n) is 16.8. The molecule has 9 heteroatoms. The van der Waals surface area contributed by atoms with Gasteiger partial charge in [0.05, 0.1) is 30.0 Å². The molecule has 2 aliphatic heterocycles. The fraction of sp³-hybridized carbons (Fsp3) is 0.348. The van der Waals surface area contributed by atoms with Crippen molar-refractivity contribution in [2.45, 2.75) is 90.3 Å². The van der Waals surface area contributed by atoms with Gasteiger partial charge in [-0.05, 0) is 151 Å². The lowest BCUT2D eigenvalue weighted by Crippen LogP contribution is -2.45. The number of halogens is 3. The molecule has 6 rings (SSSR count). The van der Waals surface area contributed by atoms with Crippen LogP contribution in [-0.4, -0.2) is 35.4 Å². The van der Waals surface area contributed by atoms with Gasteiger partial charge in [0.25, 0.3) is 0 Å². The van der Waals surface area contributed by atoms with Crippen LogP contribution in [-0.2, 0) is 31.5 Å². The highest BCUT2D eigenvalue weighted by Crippen LogP contribution is 2.50. The predicted molar refractivity (Wildman–Crippen MR) is 207 cm³/mol. The second-order valence-corrected chi connectivity index (χ2v) is 16.8. The zero-order valence-corrected chi connectivity index (χ0v) is 32.6. The van der Waals surface area contributed by atoms with Crippen LogP contribution in [0.2, 0.25) is 0 Å². The normalized spacial score (nSPS) is 21.0. The molecule has 4 aromatic carbocycles. The zero-order chi connectivity index (χ0) is 40.6. The highest BCUT2D eigenvalue weighted by molar-refractivity contribution is 5.90. The van der Waals surface area contributed by atoms with E-state index in [1.165, 1.54) is 12.1 Å². The van der Waals surface area contributed by atoms with Gasteiger partial charge in [0.2, 0.25) is 0 Å². The van der Waals surface area contributed by atoms with Crippen LogP contribution in [0.25, 0.3) is 11.1 Å². The number of fused-ring (bicyclic) bond motifs is 2. The molecule has 0 radical (unpaired) electrons.